The Morgan fingerprint density at radius 1 is 1.23 bits per heavy atom. The summed E-state index contributed by atoms with van der Waals surface area (Å²) in [6, 6.07) is 0. The fraction of sp³-hybridized carbons (Fsp3) is 1.00. The Morgan fingerprint density at radius 3 is 2.62 bits per heavy atom. The highest BCUT2D eigenvalue weighted by atomic mass is 32.2. The molecule has 3 nitrogen and oxygen atoms in total. The molecule has 0 spiro atoms. The maximum atomic E-state index is 11.2. The standard InChI is InChI=1S/C9H21NO2S/c1-2-3-6-12-7-9-13(11)8-4-5-10/h2-10H2,1H3. The Kier molecular flexibility index (Phi) is 10.2. The van der Waals surface area contributed by atoms with Gasteiger partial charge >= 0.3 is 0 Å². The van der Waals surface area contributed by atoms with Crippen LogP contribution in [0.5, 0.6) is 0 Å². The highest BCUT2D eigenvalue weighted by Crippen LogP contribution is 1.90. The Morgan fingerprint density at radius 2 is 2.00 bits per heavy atom. The van der Waals surface area contributed by atoms with Crippen LogP contribution in [0, 0.1) is 0 Å². The molecule has 0 aliphatic heterocycles. The Hall–Kier alpha value is 0.0700. The SMILES string of the molecule is CCCCOCCS(=O)CCCN. The van der Waals surface area contributed by atoms with Gasteiger partial charge in [0.25, 0.3) is 0 Å². The van der Waals surface area contributed by atoms with Crippen LogP contribution < -0.4 is 5.73 Å². The predicted molar refractivity (Wildman–Crippen MR) is 57.3 cm³/mol. The number of unbranched alkanes of at least 4 members (excludes halogenated alkanes) is 1. The third kappa shape index (κ3) is 9.99. The van der Waals surface area contributed by atoms with Crippen molar-refractivity contribution >= 4 is 10.8 Å². The zero-order chi connectivity index (χ0) is 9.94. The van der Waals surface area contributed by atoms with Crippen molar-refractivity contribution in [1.29, 1.82) is 0 Å². The normalized spacial score (nSPS) is 13.1. The molecular weight excluding hydrogens is 186 g/mol. The molecule has 0 amide bonds. The van der Waals surface area contributed by atoms with Crippen molar-refractivity contribution in [2.24, 2.45) is 5.73 Å². The van der Waals surface area contributed by atoms with Gasteiger partial charge < -0.3 is 10.5 Å². The van der Waals surface area contributed by atoms with E-state index in [-0.39, 0.29) is 0 Å². The van der Waals surface area contributed by atoms with E-state index >= 15 is 0 Å². The smallest absolute Gasteiger partial charge is 0.0581 e. The summed E-state index contributed by atoms with van der Waals surface area (Å²) in [5.41, 5.74) is 5.31. The first-order valence-electron chi connectivity index (χ1n) is 4.94. The second-order valence-electron chi connectivity index (χ2n) is 2.96. The molecule has 0 aliphatic carbocycles. The molecule has 80 valence electrons. The van der Waals surface area contributed by atoms with Crippen LogP contribution in [0.15, 0.2) is 0 Å². The molecule has 0 saturated carbocycles. The van der Waals surface area contributed by atoms with Gasteiger partial charge in [0.15, 0.2) is 0 Å². The summed E-state index contributed by atoms with van der Waals surface area (Å²) in [7, 11) is -0.730. The van der Waals surface area contributed by atoms with Gasteiger partial charge in [0.2, 0.25) is 0 Å². The van der Waals surface area contributed by atoms with Crippen molar-refractivity contribution in [2.75, 3.05) is 31.3 Å². The molecule has 1 atom stereocenters. The van der Waals surface area contributed by atoms with Crippen molar-refractivity contribution in [2.45, 2.75) is 26.2 Å². The number of nitrogens with two attached hydrogens (primary N) is 1. The van der Waals surface area contributed by atoms with Gasteiger partial charge in [0, 0.05) is 28.9 Å². The van der Waals surface area contributed by atoms with Crippen LogP contribution in [0.25, 0.3) is 0 Å². The molecule has 0 saturated heterocycles. The van der Waals surface area contributed by atoms with Crippen LogP contribution >= 0.6 is 0 Å². The van der Waals surface area contributed by atoms with Gasteiger partial charge in [-0.2, -0.15) is 0 Å². The lowest BCUT2D eigenvalue weighted by Gasteiger charge is -2.02. The summed E-state index contributed by atoms with van der Waals surface area (Å²) >= 11 is 0. The summed E-state index contributed by atoms with van der Waals surface area (Å²) in [6.07, 6.45) is 3.09. The van der Waals surface area contributed by atoms with Gasteiger partial charge in [-0.1, -0.05) is 13.3 Å². The van der Waals surface area contributed by atoms with Crippen LogP contribution in [0.2, 0.25) is 0 Å². The molecule has 1 unspecified atom stereocenters. The van der Waals surface area contributed by atoms with E-state index in [9.17, 15) is 4.21 Å². The molecule has 4 heteroatoms. The lowest BCUT2D eigenvalue weighted by atomic mass is 10.4. The Labute approximate surface area is 83.5 Å². The molecule has 0 radical (unpaired) electrons. The number of hydrogen-bond acceptors (Lipinski definition) is 3. The molecule has 0 aromatic rings. The van der Waals surface area contributed by atoms with Crippen LogP contribution in [0.3, 0.4) is 0 Å². The molecule has 0 aliphatic rings. The van der Waals surface area contributed by atoms with E-state index in [1.54, 1.807) is 0 Å². The Balaban J connectivity index is 3.08. The van der Waals surface area contributed by atoms with E-state index in [4.69, 9.17) is 10.5 Å². The average Bonchev–Trinajstić information content (AvgIpc) is 2.14. The first kappa shape index (κ1) is 13.1. The lowest BCUT2D eigenvalue weighted by molar-refractivity contribution is 0.146. The molecule has 0 fully saturated rings. The Bertz CT molecular complexity index is 131. The topological polar surface area (TPSA) is 52.3 Å². The van der Waals surface area contributed by atoms with Gasteiger partial charge in [-0.15, -0.1) is 0 Å². The van der Waals surface area contributed by atoms with Crippen LogP contribution in [-0.4, -0.2) is 35.5 Å². The molecule has 13 heavy (non-hydrogen) atoms. The molecule has 0 heterocycles. The maximum Gasteiger partial charge on any atom is 0.0581 e. The average molecular weight is 207 g/mol. The molecule has 2 N–H and O–H groups in total. The summed E-state index contributed by atoms with van der Waals surface area (Å²) < 4.78 is 16.5. The molecule has 0 bridgehead atoms. The minimum atomic E-state index is -0.730. The number of hydrogen-bond donors (Lipinski definition) is 1. The highest BCUT2D eigenvalue weighted by molar-refractivity contribution is 7.84. The van der Waals surface area contributed by atoms with Crippen molar-refractivity contribution in [3.63, 3.8) is 0 Å². The molecular formula is C9H21NO2S. The fourth-order valence-corrected chi connectivity index (χ4v) is 1.84. The van der Waals surface area contributed by atoms with Crippen molar-refractivity contribution in [3.05, 3.63) is 0 Å². The van der Waals surface area contributed by atoms with Crippen LogP contribution in [0.4, 0.5) is 0 Å². The summed E-state index contributed by atoms with van der Waals surface area (Å²) in [6.45, 7) is 4.17. The highest BCUT2D eigenvalue weighted by Gasteiger charge is 1.98. The van der Waals surface area contributed by atoms with Crippen molar-refractivity contribution in [3.8, 4) is 0 Å². The maximum absolute atomic E-state index is 11.2. The second-order valence-corrected chi connectivity index (χ2v) is 4.65. The summed E-state index contributed by atoms with van der Waals surface area (Å²) in [5, 5.41) is 0. The molecule has 0 rings (SSSR count). The molecule has 0 aromatic heterocycles. The van der Waals surface area contributed by atoms with E-state index in [1.807, 2.05) is 0 Å². The minimum absolute atomic E-state index is 0.622. The minimum Gasteiger partial charge on any atom is -0.380 e. The zero-order valence-electron chi connectivity index (χ0n) is 8.46. The first-order chi connectivity index (χ1) is 6.31. The number of rotatable bonds is 9. The van der Waals surface area contributed by atoms with E-state index in [0.29, 0.717) is 24.7 Å². The fourth-order valence-electron chi connectivity index (χ4n) is 0.847. The van der Waals surface area contributed by atoms with E-state index in [0.717, 1.165) is 25.9 Å². The zero-order valence-corrected chi connectivity index (χ0v) is 9.28. The quantitative estimate of drug-likeness (QED) is 0.572. The summed E-state index contributed by atoms with van der Waals surface area (Å²) in [4.78, 5) is 0. The van der Waals surface area contributed by atoms with Gasteiger partial charge in [-0.05, 0) is 19.4 Å². The third-order valence-corrected chi connectivity index (χ3v) is 3.04. The second kappa shape index (κ2) is 10.2. The van der Waals surface area contributed by atoms with Gasteiger partial charge in [-0.3, -0.25) is 4.21 Å². The van der Waals surface area contributed by atoms with Crippen LogP contribution in [-0.2, 0) is 15.5 Å². The first-order valence-corrected chi connectivity index (χ1v) is 6.42. The van der Waals surface area contributed by atoms with E-state index in [1.165, 1.54) is 0 Å². The monoisotopic (exact) mass is 207 g/mol. The van der Waals surface area contributed by atoms with Crippen molar-refractivity contribution in [1.82, 2.24) is 0 Å². The van der Waals surface area contributed by atoms with E-state index in [2.05, 4.69) is 6.92 Å². The van der Waals surface area contributed by atoms with Gasteiger partial charge in [0.1, 0.15) is 0 Å². The van der Waals surface area contributed by atoms with Gasteiger partial charge in [-0.25, -0.2) is 0 Å². The predicted octanol–water partition coefficient (Wildman–Crippen LogP) is 0.901. The third-order valence-electron chi connectivity index (χ3n) is 1.67. The molecule has 0 aromatic carbocycles. The van der Waals surface area contributed by atoms with E-state index < -0.39 is 10.8 Å². The lowest BCUT2D eigenvalue weighted by Crippen LogP contribution is -2.12. The van der Waals surface area contributed by atoms with Gasteiger partial charge in [0.05, 0.1) is 6.61 Å². The van der Waals surface area contributed by atoms with Crippen LogP contribution in [0.1, 0.15) is 26.2 Å². The number of ether oxygens (including phenoxy) is 1. The van der Waals surface area contributed by atoms with Crippen molar-refractivity contribution < 1.29 is 8.95 Å². The largest absolute Gasteiger partial charge is 0.380 e. The summed E-state index contributed by atoms with van der Waals surface area (Å²) in [5.74, 6) is 1.37.